The molecule has 1 aliphatic rings. The lowest BCUT2D eigenvalue weighted by Crippen LogP contribution is -2.39. The number of rotatable bonds is 9. The van der Waals surface area contributed by atoms with Gasteiger partial charge in [-0.25, -0.2) is 0 Å². The fourth-order valence-electron chi connectivity index (χ4n) is 3.52. The zero-order chi connectivity index (χ0) is 20.1. The molecule has 0 radical (unpaired) electrons. The third kappa shape index (κ3) is 4.58. The fourth-order valence-corrected chi connectivity index (χ4v) is 3.52. The van der Waals surface area contributed by atoms with Gasteiger partial charge in [-0.05, 0) is 36.7 Å². The zero-order valence-corrected chi connectivity index (χ0v) is 16.7. The largest absolute Gasteiger partial charge is 0.454 e. The predicted molar refractivity (Wildman–Crippen MR) is 108 cm³/mol. The van der Waals surface area contributed by atoms with Crippen LogP contribution in [0.15, 0.2) is 53.1 Å². The second kappa shape index (κ2) is 9.07. The smallest absolute Gasteiger partial charge is 0.241 e. The van der Waals surface area contributed by atoms with Gasteiger partial charge in [-0.15, -0.1) is 0 Å². The van der Waals surface area contributed by atoms with E-state index in [-0.39, 0.29) is 12.8 Å². The second-order valence-electron chi connectivity index (χ2n) is 6.94. The highest BCUT2D eigenvalue weighted by atomic mass is 16.7. The van der Waals surface area contributed by atoms with E-state index in [1.165, 1.54) is 5.56 Å². The third-order valence-electron chi connectivity index (χ3n) is 5.03. The summed E-state index contributed by atoms with van der Waals surface area (Å²) in [5, 5.41) is 4.15. The van der Waals surface area contributed by atoms with E-state index in [0.717, 1.165) is 24.3 Å². The molecule has 2 heterocycles. The molecule has 152 valence electrons. The van der Waals surface area contributed by atoms with Crippen molar-refractivity contribution in [1.29, 1.82) is 0 Å². The molecule has 1 atom stereocenters. The van der Waals surface area contributed by atoms with Crippen LogP contribution in [-0.4, -0.2) is 48.1 Å². The fraction of sp³-hybridized carbons (Fsp3) is 0.364. The molecule has 7 heteroatoms. The molecule has 1 unspecified atom stereocenters. The molecule has 2 aromatic carbocycles. The van der Waals surface area contributed by atoms with Gasteiger partial charge >= 0.3 is 0 Å². The molecular formula is C22H25N3O4. The number of likely N-dealkylation sites (N-methyl/N-ethyl adjacent to an activating group) is 1. The summed E-state index contributed by atoms with van der Waals surface area (Å²) in [4.78, 5) is 6.89. The molecule has 1 aliphatic heterocycles. The van der Waals surface area contributed by atoms with Crippen molar-refractivity contribution >= 4 is 0 Å². The SMILES string of the molecule is CCN(Cc1nc(-c2ccc3c(c2)OCO3)no1)C(COC)Cc1ccccc1. The first-order valence-electron chi connectivity index (χ1n) is 9.76. The molecular weight excluding hydrogens is 370 g/mol. The number of benzene rings is 2. The van der Waals surface area contributed by atoms with Crippen LogP contribution in [-0.2, 0) is 17.7 Å². The minimum atomic E-state index is 0.216. The summed E-state index contributed by atoms with van der Waals surface area (Å²) in [7, 11) is 1.73. The lowest BCUT2D eigenvalue weighted by molar-refractivity contribution is 0.0812. The number of hydrogen-bond donors (Lipinski definition) is 0. The van der Waals surface area contributed by atoms with Crippen LogP contribution in [0.4, 0.5) is 0 Å². The van der Waals surface area contributed by atoms with E-state index in [1.54, 1.807) is 7.11 Å². The van der Waals surface area contributed by atoms with Crippen molar-refractivity contribution in [2.45, 2.75) is 25.9 Å². The third-order valence-corrected chi connectivity index (χ3v) is 5.03. The van der Waals surface area contributed by atoms with Crippen LogP contribution in [0.1, 0.15) is 18.4 Å². The summed E-state index contributed by atoms with van der Waals surface area (Å²) in [6.07, 6.45) is 0.895. The highest BCUT2D eigenvalue weighted by Gasteiger charge is 2.22. The van der Waals surface area contributed by atoms with Gasteiger partial charge in [0.05, 0.1) is 13.2 Å². The minimum Gasteiger partial charge on any atom is -0.454 e. The molecule has 0 fully saturated rings. The summed E-state index contributed by atoms with van der Waals surface area (Å²) >= 11 is 0. The van der Waals surface area contributed by atoms with E-state index < -0.39 is 0 Å². The Labute approximate surface area is 170 Å². The number of ether oxygens (including phenoxy) is 3. The van der Waals surface area contributed by atoms with Crippen molar-refractivity contribution in [3.8, 4) is 22.9 Å². The van der Waals surface area contributed by atoms with Gasteiger partial charge in [0.2, 0.25) is 18.5 Å². The number of nitrogens with zero attached hydrogens (tertiary/aromatic N) is 3. The van der Waals surface area contributed by atoms with Crippen molar-refractivity contribution in [2.24, 2.45) is 0 Å². The highest BCUT2D eigenvalue weighted by Crippen LogP contribution is 2.35. The van der Waals surface area contributed by atoms with Crippen molar-refractivity contribution in [3.63, 3.8) is 0 Å². The van der Waals surface area contributed by atoms with Gasteiger partial charge in [-0.3, -0.25) is 4.90 Å². The van der Waals surface area contributed by atoms with Crippen molar-refractivity contribution < 1.29 is 18.7 Å². The van der Waals surface area contributed by atoms with Crippen LogP contribution in [0.5, 0.6) is 11.5 Å². The predicted octanol–water partition coefficient (Wildman–Crippen LogP) is 3.54. The van der Waals surface area contributed by atoms with Crippen LogP contribution in [0.25, 0.3) is 11.4 Å². The van der Waals surface area contributed by atoms with E-state index in [0.29, 0.717) is 30.6 Å². The number of hydrogen-bond acceptors (Lipinski definition) is 7. The summed E-state index contributed by atoms with van der Waals surface area (Å²) in [5.41, 5.74) is 2.12. The minimum absolute atomic E-state index is 0.216. The highest BCUT2D eigenvalue weighted by molar-refractivity contribution is 5.61. The van der Waals surface area contributed by atoms with Gasteiger partial charge < -0.3 is 18.7 Å². The Kier molecular flexibility index (Phi) is 6.07. The average Bonchev–Trinajstić information content (AvgIpc) is 3.41. The van der Waals surface area contributed by atoms with Crippen LogP contribution in [0, 0.1) is 0 Å². The quantitative estimate of drug-likeness (QED) is 0.549. The molecule has 0 bridgehead atoms. The van der Waals surface area contributed by atoms with Gasteiger partial charge in [0.25, 0.3) is 0 Å². The molecule has 4 rings (SSSR count). The first kappa shape index (κ1) is 19.4. The van der Waals surface area contributed by atoms with E-state index >= 15 is 0 Å². The standard InChI is InChI=1S/C22H25N3O4/c1-3-25(18(14-26-2)11-16-7-5-4-6-8-16)13-21-23-22(24-29-21)17-9-10-19-20(12-17)28-15-27-19/h4-10,12,18H,3,11,13-15H2,1-2H3. The van der Waals surface area contributed by atoms with Crippen LogP contribution < -0.4 is 9.47 Å². The van der Waals surface area contributed by atoms with E-state index in [4.69, 9.17) is 18.7 Å². The average molecular weight is 395 g/mol. The van der Waals surface area contributed by atoms with Crippen LogP contribution >= 0.6 is 0 Å². The molecule has 0 spiro atoms. The van der Waals surface area contributed by atoms with Gasteiger partial charge in [-0.2, -0.15) is 4.98 Å². The Morgan fingerprint density at radius 1 is 1.10 bits per heavy atom. The monoisotopic (exact) mass is 395 g/mol. The maximum Gasteiger partial charge on any atom is 0.241 e. The van der Waals surface area contributed by atoms with Gasteiger partial charge in [-0.1, -0.05) is 42.4 Å². The van der Waals surface area contributed by atoms with E-state index in [2.05, 4.69) is 46.2 Å². The molecule has 29 heavy (non-hydrogen) atoms. The van der Waals surface area contributed by atoms with Gasteiger partial charge in [0.15, 0.2) is 11.5 Å². The lowest BCUT2D eigenvalue weighted by atomic mass is 10.1. The molecule has 7 nitrogen and oxygen atoms in total. The summed E-state index contributed by atoms with van der Waals surface area (Å²) in [5.74, 6) is 2.55. The summed E-state index contributed by atoms with van der Waals surface area (Å²) in [6.45, 7) is 4.41. The molecule has 0 saturated heterocycles. The molecule has 0 aliphatic carbocycles. The first-order valence-corrected chi connectivity index (χ1v) is 9.76. The van der Waals surface area contributed by atoms with E-state index in [1.807, 2.05) is 24.3 Å². The Hall–Kier alpha value is -2.90. The maximum atomic E-state index is 5.53. The van der Waals surface area contributed by atoms with Crippen molar-refractivity contribution in [3.05, 3.63) is 60.0 Å². The summed E-state index contributed by atoms with van der Waals surface area (Å²) in [6, 6.07) is 16.3. The normalized spacial score (nSPS) is 13.8. The zero-order valence-electron chi connectivity index (χ0n) is 16.7. The first-order chi connectivity index (χ1) is 14.3. The Morgan fingerprint density at radius 3 is 2.72 bits per heavy atom. The number of aromatic nitrogens is 2. The maximum absolute atomic E-state index is 5.53. The van der Waals surface area contributed by atoms with Gasteiger partial charge in [0, 0.05) is 18.7 Å². The second-order valence-corrected chi connectivity index (χ2v) is 6.94. The molecule has 0 N–H and O–H groups in total. The Balaban J connectivity index is 1.47. The molecule has 0 amide bonds. The van der Waals surface area contributed by atoms with E-state index in [9.17, 15) is 0 Å². The lowest BCUT2D eigenvalue weighted by Gasteiger charge is -2.29. The molecule has 3 aromatic rings. The number of methoxy groups -OCH3 is 1. The van der Waals surface area contributed by atoms with Gasteiger partial charge in [0.1, 0.15) is 0 Å². The topological polar surface area (TPSA) is 69.9 Å². The van der Waals surface area contributed by atoms with Crippen LogP contribution in [0.2, 0.25) is 0 Å². The Morgan fingerprint density at radius 2 is 1.93 bits per heavy atom. The van der Waals surface area contributed by atoms with Crippen LogP contribution in [0.3, 0.4) is 0 Å². The summed E-state index contributed by atoms with van der Waals surface area (Å²) < 4.78 is 21.8. The van der Waals surface area contributed by atoms with Crippen molar-refractivity contribution in [1.82, 2.24) is 15.0 Å². The molecule has 1 aromatic heterocycles. The number of fused-ring (bicyclic) bond motifs is 1. The van der Waals surface area contributed by atoms with Crippen molar-refractivity contribution in [2.75, 3.05) is 27.1 Å². The Bertz CT molecular complexity index is 929. The molecule has 0 saturated carbocycles.